The predicted octanol–water partition coefficient (Wildman–Crippen LogP) is 1.42. The highest BCUT2D eigenvalue weighted by atomic mass is 35.5. The second-order valence-electron chi connectivity index (χ2n) is 7.40. The highest BCUT2D eigenvalue weighted by molar-refractivity contribution is 6.30. The van der Waals surface area contributed by atoms with Gasteiger partial charge < -0.3 is 35.0 Å². The normalized spacial score (nSPS) is 17.5. The van der Waals surface area contributed by atoms with E-state index in [4.69, 9.17) is 26.2 Å². The zero-order valence-electron chi connectivity index (χ0n) is 16.5. The zero-order valence-corrected chi connectivity index (χ0v) is 17.3. The molecule has 10 heteroatoms. The van der Waals surface area contributed by atoms with Crippen LogP contribution in [0.1, 0.15) is 12.8 Å². The van der Waals surface area contributed by atoms with Crippen molar-refractivity contribution in [3.05, 3.63) is 53.6 Å². The number of nitrogens with zero attached hydrogens (tertiary/aromatic N) is 1. The van der Waals surface area contributed by atoms with Crippen molar-refractivity contribution in [1.82, 2.24) is 4.90 Å². The topological polar surface area (TPSA) is 140 Å². The Morgan fingerprint density at radius 3 is 2.13 bits per heavy atom. The van der Waals surface area contributed by atoms with Gasteiger partial charge in [-0.1, -0.05) is 11.6 Å². The van der Waals surface area contributed by atoms with Crippen LogP contribution in [0, 0.1) is 0 Å². The molecule has 5 N–H and O–H groups in total. The largest absolute Gasteiger partial charge is 0.492 e. The summed E-state index contributed by atoms with van der Waals surface area (Å²) in [4.78, 5) is 12.5. The van der Waals surface area contributed by atoms with Gasteiger partial charge in [-0.15, -0.1) is 0 Å². The molecule has 1 aliphatic rings. The Morgan fingerprint density at radius 1 is 1.00 bits per heavy atom. The predicted molar refractivity (Wildman–Crippen MR) is 110 cm³/mol. The van der Waals surface area contributed by atoms with E-state index in [1.54, 1.807) is 53.4 Å². The average molecular weight is 454 g/mol. The fraction of sp³-hybridized carbons (Fsp3) is 0.381. The van der Waals surface area contributed by atoms with Crippen molar-refractivity contribution in [3.63, 3.8) is 0 Å². The molecule has 9 nitrogen and oxygen atoms in total. The molecule has 1 unspecified atom stereocenters. The maximum atomic E-state index is 10.9. The van der Waals surface area contributed by atoms with E-state index in [0.29, 0.717) is 35.2 Å². The summed E-state index contributed by atoms with van der Waals surface area (Å²) < 4.78 is 11.5. The van der Waals surface area contributed by atoms with Crippen molar-refractivity contribution >= 4 is 17.6 Å². The van der Waals surface area contributed by atoms with E-state index in [0.717, 1.165) is 6.42 Å². The van der Waals surface area contributed by atoms with Crippen molar-refractivity contribution < 1.29 is 39.8 Å². The van der Waals surface area contributed by atoms with Crippen LogP contribution in [-0.4, -0.2) is 73.7 Å². The number of aliphatic carboxylic acids is 1. The maximum Gasteiger partial charge on any atom is 0.370 e. The Hall–Kier alpha value is -2.40. The minimum absolute atomic E-state index is 0.199. The van der Waals surface area contributed by atoms with Crippen LogP contribution in [0.4, 0.5) is 0 Å². The fourth-order valence-corrected chi connectivity index (χ4v) is 3.42. The number of carboxylic acids is 1. The van der Waals surface area contributed by atoms with E-state index in [2.05, 4.69) is 0 Å². The molecule has 1 fully saturated rings. The summed E-state index contributed by atoms with van der Waals surface area (Å²) in [5.41, 5.74) is 0. The van der Waals surface area contributed by atoms with Crippen LogP contribution >= 0.6 is 11.6 Å². The molecule has 1 atom stereocenters. The van der Waals surface area contributed by atoms with Crippen molar-refractivity contribution in [2.75, 3.05) is 19.7 Å². The van der Waals surface area contributed by atoms with Crippen LogP contribution in [0.3, 0.4) is 0 Å². The number of halogens is 1. The van der Waals surface area contributed by atoms with Gasteiger partial charge in [0.15, 0.2) is 0 Å². The highest BCUT2D eigenvalue weighted by Crippen LogP contribution is 2.27. The Labute approximate surface area is 183 Å². The van der Waals surface area contributed by atoms with Crippen LogP contribution in [-0.2, 0) is 4.79 Å². The Kier molecular flexibility index (Phi) is 7.05. The highest BCUT2D eigenvalue weighted by Gasteiger charge is 2.55. The van der Waals surface area contributed by atoms with Gasteiger partial charge in [0, 0.05) is 11.1 Å². The van der Waals surface area contributed by atoms with Crippen LogP contribution in [0.2, 0.25) is 5.02 Å². The molecule has 0 spiro atoms. The lowest BCUT2D eigenvalue weighted by atomic mass is 10.1. The molecule has 0 saturated carbocycles. The smallest absolute Gasteiger partial charge is 0.370 e. The minimum atomic E-state index is -3.69. The maximum absolute atomic E-state index is 10.9. The average Bonchev–Trinajstić information content (AvgIpc) is 3.15. The van der Waals surface area contributed by atoms with Gasteiger partial charge in [0.05, 0.1) is 6.54 Å². The summed E-state index contributed by atoms with van der Waals surface area (Å²) in [7, 11) is 0. The van der Waals surface area contributed by atoms with Crippen LogP contribution in [0.15, 0.2) is 48.5 Å². The molecule has 3 rings (SSSR count). The van der Waals surface area contributed by atoms with Gasteiger partial charge in [-0.2, -0.15) is 0 Å². The number of ether oxygens (including phenoxy) is 2. The van der Waals surface area contributed by atoms with E-state index < -0.39 is 24.1 Å². The molecule has 1 saturated heterocycles. The molecule has 0 aromatic heterocycles. The Morgan fingerprint density at radius 2 is 1.55 bits per heavy atom. The van der Waals surface area contributed by atoms with E-state index >= 15 is 0 Å². The molecule has 0 radical (unpaired) electrons. The number of hydrogen-bond acceptors (Lipinski definition) is 8. The Balaban J connectivity index is 1.55. The zero-order chi connectivity index (χ0) is 22.6. The summed E-state index contributed by atoms with van der Waals surface area (Å²) in [6, 6.07) is 13.6. The molecule has 0 bridgehead atoms. The number of carbonyl (C=O) groups is 1. The number of β-amino-alcohol motifs (C(OH)–C–C–N with tert-alkyl or cyclic N) is 2. The Bertz CT molecular complexity index is 885. The second kappa shape index (κ2) is 9.39. The first-order valence-electron chi connectivity index (χ1n) is 9.62. The molecular weight excluding hydrogens is 430 g/mol. The van der Waals surface area contributed by atoms with Gasteiger partial charge in [-0.3, -0.25) is 4.90 Å². The molecule has 1 aliphatic heterocycles. The number of rotatable bonds is 9. The van der Waals surface area contributed by atoms with Crippen LogP contribution in [0.25, 0.3) is 0 Å². The van der Waals surface area contributed by atoms with Crippen molar-refractivity contribution in [1.29, 1.82) is 0 Å². The fourth-order valence-electron chi connectivity index (χ4n) is 3.29. The quantitative estimate of drug-likeness (QED) is 0.356. The van der Waals surface area contributed by atoms with Crippen molar-refractivity contribution in [2.24, 2.45) is 0 Å². The SMILES string of the molecule is O=C(O)C(O)(O)C(O)(O)CN1CCCC1COc1ccc(Oc2ccc(Cl)cc2)cc1. The first-order chi connectivity index (χ1) is 14.6. The summed E-state index contributed by atoms with van der Waals surface area (Å²) in [6.07, 6.45) is 1.39. The van der Waals surface area contributed by atoms with Gasteiger partial charge in [-0.25, -0.2) is 4.79 Å². The molecule has 168 valence electrons. The summed E-state index contributed by atoms with van der Waals surface area (Å²) in [5, 5.41) is 48.3. The van der Waals surface area contributed by atoms with E-state index in [-0.39, 0.29) is 12.6 Å². The molecule has 31 heavy (non-hydrogen) atoms. The molecule has 1 heterocycles. The number of carboxylic acid groups (broad SMARTS) is 1. The van der Waals surface area contributed by atoms with Crippen LogP contribution < -0.4 is 9.47 Å². The first-order valence-corrected chi connectivity index (χ1v) is 9.99. The molecule has 2 aromatic carbocycles. The molecule has 2 aromatic rings. The third-order valence-electron chi connectivity index (χ3n) is 5.09. The standard InChI is InChI=1S/C21H24ClNO8/c22-14-3-5-17(6-4-14)31-18-9-7-16(8-10-18)30-12-15-2-1-11-23(15)13-20(26,27)21(28,29)19(24)25/h3-10,15,26-29H,1-2,11-13H2,(H,24,25). The monoisotopic (exact) mass is 453 g/mol. The molecule has 0 aliphatic carbocycles. The first kappa shape index (κ1) is 23.3. The lowest BCUT2D eigenvalue weighted by Crippen LogP contribution is -2.64. The third kappa shape index (κ3) is 5.65. The van der Waals surface area contributed by atoms with Gasteiger partial charge in [0.2, 0.25) is 5.79 Å². The van der Waals surface area contributed by atoms with Gasteiger partial charge in [0.25, 0.3) is 0 Å². The summed E-state index contributed by atoms with van der Waals surface area (Å²) in [6.45, 7) is -0.0287. The second-order valence-corrected chi connectivity index (χ2v) is 7.84. The van der Waals surface area contributed by atoms with E-state index in [1.165, 1.54) is 0 Å². The molecule has 0 amide bonds. The number of benzene rings is 2. The third-order valence-corrected chi connectivity index (χ3v) is 5.35. The summed E-state index contributed by atoms with van der Waals surface area (Å²) >= 11 is 5.85. The lowest BCUT2D eigenvalue weighted by Gasteiger charge is -2.36. The van der Waals surface area contributed by atoms with Crippen molar-refractivity contribution in [2.45, 2.75) is 30.5 Å². The number of likely N-dealkylation sites (tertiary alicyclic amines) is 1. The summed E-state index contributed by atoms with van der Waals surface area (Å²) in [5.74, 6) is -7.27. The number of aliphatic hydroxyl groups is 4. The molecular formula is C21H24ClNO8. The van der Waals surface area contributed by atoms with E-state index in [1.807, 2.05) is 0 Å². The van der Waals surface area contributed by atoms with Crippen LogP contribution in [0.5, 0.6) is 17.2 Å². The number of hydrogen-bond donors (Lipinski definition) is 5. The van der Waals surface area contributed by atoms with Gasteiger partial charge >= 0.3 is 11.8 Å². The van der Waals surface area contributed by atoms with Crippen molar-refractivity contribution in [3.8, 4) is 17.2 Å². The van der Waals surface area contributed by atoms with E-state index in [9.17, 15) is 25.2 Å². The van der Waals surface area contributed by atoms with Gasteiger partial charge in [-0.05, 0) is 67.9 Å². The van der Waals surface area contributed by atoms with Gasteiger partial charge in [0.1, 0.15) is 23.9 Å². The lowest BCUT2D eigenvalue weighted by molar-refractivity contribution is -0.347. The minimum Gasteiger partial charge on any atom is -0.492 e.